The molecule has 3 rings (SSSR count). The second-order valence-corrected chi connectivity index (χ2v) is 9.25. The fraction of sp³-hybridized carbons (Fsp3) is 0.579. The van der Waals surface area contributed by atoms with Crippen molar-refractivity contribution in [1.82, 2.24) is 15.1 Å². The van der Waals surface area contributed by atoms with Gasteiger partial charge in [0.25, 0.3) is 5.91 Å². The van der Waals surface area contributed by atoms with E-state index >= 15 is 0 Å². The number of amides is 2. The third-order valence-electron chi connectivity index (χ3n) is 5.08. The van der Waals surface area contributed by atoms with Crippen molar-refractivity contribution in [2.24, 2.45) is 0 Å². The molecule has 11 heteroatoms. The first-order chi connectivity index (χ1) is 14.2. The van der Waals surface area contributed by atoms with Crippen LogP contribution in [0.4, 0.5) is 11.4 Å². The third-order valence-corrected chi connectivity index (χ3v) is 5.67. The van der Waals surface area contributed by atoms with Gasteiger partial charge in [-0.15, -0.1) is 0 Å². The molecule has 2 saturated heterocycles. The SMILES string of the molecule is CN(CC(=O)N1CCOCC1)C(=O)c1ccc(N2CCNCC2)c(NS(C)(=O)=O)c1. The standard InChI is InChI=1S/C19H29N5O5S/c1-22(14-18(25)24-9-11-29-12-10-24)19(26)15-3-4-17(23-7-5-20-6-8-23)16(13-15)21-30(2,27)28/h3-4,13,20-21H,5-12,14H2,1-2H3. The van der Waals surface area contributed by atoms with Gasteiger partial charge in [0, 0.05) is 51.9 Å². The Bertz CT molecular complexity index is 879. The Morgan fingerprint density at radius 3 is 2.47 bits per heavy atom. The molecule has 30 heavy (non-hydrogen) atoms. The highest BCUT2D eigenvalue weighted by Crippen LogP contribution is 2.29. The molecular formula is C19H29N5O5S. The number of carbonyl (C=O) groups is 2. The molecule has 2 fully saturated rings. The van der Waals surface area contributed by atoms with E-state index in [-0.39, 0.29) is 18.4 Å². The molecule has 0 saturated carbocycles. The van der Waals surface area contributed by atoms with Crippen molar-refractivity contribution in [2.75, 3.05) is 82.0 Å². The van der Waals surface area contributed by atoms with Gasteiger partial charge in [-0.3, -0.25) is 14.3 Å². The Kier molecular flexibility index (Phi) is 7.16. The average molecular weight is 440 g/mol. The molecule has 1 aromatic rings. The van der Waals surface area contributed by atoms with Crippen molar-refractivity contribution in [2.45, 2.75) is 0 Å². The van der Waals surface area contributed by atoms with Crippen LogP contribution in [0.1, 0.15) is 10.4 Å². The second kappa shape index (κ2) is 9.63. The summed E-state index contributed by atoms with van der Waals surface area (Å²) in [4.78, 5) is 30.4. The van der Waals surface area contributed by atoms with Crippen LogP contribution in [0.2, 0.25) is 0 Å². The first-order valence-electron chi connectivity index (χ1n) is 9.93. The highest BCUT2D eigenvalue weighted by Gasteiger charge is 2.23. The van der Waals surface area contributed by atoms with E-state index in [1.807, 2.05) is 0 Å². The molecule has 2 amide bonds. The van der Waals surface area contributed by atoms with Crippen molar-refractivity contribution in [3.05, 3.63) is 23.8 Å². The Morgan fingerprint density at radius 1 is 1.17 bits per heavy atom. The first-order valence-corrected chi connectivity index (χ1v) is 11.8. The summed E-state index contributed by atoms with van der Waals surface area (Å²) in [5, 5.41) is 3.26. The van der Waals surface area contributed by atoms with E-state index in [2.05, 4.69) is 14.9 Å². The number of likely N-dealkylation sites (N-methyl/N-ethyl adjacent to an activating group) is 1. The summed E-state index contributed by atoms with van der Waals surface area (Å²) in [6, 6.07) is 4.96. The molecule has 2 heterocycles. The Morgan fingerprint density at radius 2 is 1.83 bits per heavy atom. The lowest BCUT2D eigenvalue weighted by Gasteiger charge is -2.31. The largest absolute Gasteiger partial charge is 0.378 e. The van der Waals surface area contributed by atoms with Crippen LogP contribution in [0.5, 0.6) is 0 Å². The summed E-state index contributed by atoms with van der Waals surface area (Å²) in [6.07, 6.45) is 1.08. The number of benzene rings is 1. The molecule has 0 aromatic heterocycles. The minimum Gasteiger partial charge on any atom is -0.378 e. The van der Waals surface area contributed by atoms with E-state index in [4.69, 9.17) is 4.74 Å². The molecule has 0 bridgehead atoms. The normalized spacial score (nSPS) is 17.5. The van der Waals surface area contributed by atoms with Gasteiger partial charge in [-0.05, 0) is 18.2 Å². The Labute approximate surface area is 177 Å². The van der Waals surface area contributed by atoms with Crippen molar-refractivity contribution < 1.29 is 22.7 Å². The number of sulfonamides is 1. The molecular weight excluding hydrogens is 410 g/mol. The maximum Gasteiger partial charge on any atom is 0.254 e. The number of anilines is 2. The number of hydrogen-bond acceptors (Lipinski definition) is 7. The smallest absolute Gasteiger partial charge is 0.254 e. The molecule has 10 nitrogen and oxygen atoms in total. The van der Waals surface area contributed by atoms with E-state index < -0.39 is 10.0 Å². The Balaban J connectivity index is 1.77. The summed E-state index contributed by atoms with van der Waals surface area (Å²) >= 11 is 0. The second-order valence-electron chi connectivity index (χ2n) is 7.50. The summed E-state index contributed by atoms with van der Waals surface area (Å²) in [6.45, 7) is 5.05. The van der Waals surface area contributed by atoms with Crippen LogP contribution in [0.3, 0.4) is 0 Å². The lowest BCUT2D eigenvalue weighted by Crippen LogP contribution is -2.46. The number of hydrogen-bond donors (Lipinski definition) is 2. The molecule has 0 spiro atoms. The van der Waals surface area contributed by atoms with E-state index in [0.29, 0.717) is 37.6 Å². The molecule has 2 N–H and O–H groups in total. The van der Waals surface area contributed by atoms with Crippen molar-refractivity contribution in [1.29, 1.82) is 0 Å². The Hall–Kier alpha value is -2.37. The molecule has 2 aliphatic rings. The highest BCUT2D eigenvalue weighted by molar-refractivity contribution is 7.92. The van der Waals surface area contributed by atoms with Crippen LogP contribution in [0, 0.1) is 0 Å². The third kappa shape index (κ3) is 5.83. The van der Waals surface area contributed by atoms with Crippen LogP contribution in [-0.4, -0.2) is 102 Å². The first kappa shape index (κ1) is 22.3. The molecule has 0 radical (unpaired) electrons. The summed E-state index contributed by atoms with van der Waals surface area (Å²) in [5.74, 6) is -0.485. The molecule has 166 valence electrons. The highest BCUT2D eigenvalue weighted by atomic mass is 32.2. The van der Waals surface area contributed by atoms with Gasteiger partial charge in [-0.25, -0.2) is 8.42 Å². The van der Waals surface area contributed by atoms with Gasteiger partial charge in [0.2, 0.25) is 15.9 Å². The average Bonchev–Trinajstić information content (AvgIpc) is 2.73. The van der Waals surface area contributed by atoms with Gasteiger partial charge < -0.3 is 24.8 Å². The van der Waals surface area contributed by atoms with Gasteiger partial charge in [-0.2, -0.15) is 0 Å². The van der Waals surface area contributed by atoms with Gasteiger partial charge in [-0.1, -0.05) is 0 Å². The van der Waals surface area contributed by atoms with E-state index in [1.54, 1.807) is 24.1 Å². The molecule has 2 aliphatic heterocycles. The van der Waals surface area contributed by atoms with Gasteiger partial charge >= 0.3 is 0 Å². The number of morpholine rings is 1. The zero-order chi connectivity index (χ0) is 21.7. The predicted molar refractivity (Wildman–Crippen MR) is 114 cm³/mol. The number of nitrogens with zero attached hydrogens (tertiary/aromatic N) is 3. The zero-order valence-electron chi connectivity index (χ0n) is 17.4. The molecule has 0 atom stereocenters. The number of carbonyl (C=O) groups excluding carboxylic acids is 2. The van der Waals surface area contributed by atoms with Crippen LogP contribution >= 0.6 is 0 Å². The molecule has 1 aromatic carbocycles. The minimum absolute atomic E-state index is 0.0484. The van der Waals surface area contributed by atoms with E-state index in [0.717, 1.165) is 38.1 Å². The minimum atomic E-state index is -3.52. The lowest BCUT2D eigenvalue weighted by molar-refractivity contribution is -0.135. The van der Waals surface area contributed by atoms with Gasteiger partial charge in [0.15, 0.2) is 0 Å². The van der Waals surface area contributed by atoms with Crippen LogP contribution < -0.4 is 14.9 Å². The number of piperazine rings is 1. The monoisotopic (exact) mass is 439 g/mol. The maximum absolute atomic E-state index is 12.9. The zero-order valence-corrected chi connectivity index (χ0v) is 18.2. The van der Waals surface area contributed by atoms with Gasteiger partial charge in [0.1, 0.15) is 0 Å². The summed E-state index contributed by atoms with van der Waals surface area (Å²) in [7, 11) is -1.96. The topological polar surface area (TPSA) is 111 Å². The predicted octanol–water partition coefficient (Wildman–Crippen LogP) is -0.601. The summed E-state index contributed by atoms with van der Waals surface area (Å²) in [5.41, 5.74) is 1.40. The van der Waals surface area contributed by atoms with E-state index in [9.17, 15) is 18.0 Å². The summed E-state index contributed by atoms with van der Waals surface area (Å²) < 4.78 is 31.5. The number of nitrogens with one attached hydrogen (secondary N) is 2. The quantitative estimate of drug-likeness (QED) is 0.609. The van der Waals surface area contributed by atoms with Crippen LogP contribution in [0.25, 0.3) is 0 Å². The fourth-order valence-electron chi connectivity index (χ4n) is 3.54. The maximum atomic E-state index is 12.9. The fourth-order valence-corrected chi connectivity index (χ4v) is 4.10. The van der Waals surface area contributed by atoms with Crippen molar-refractivity contribution in [3.8, 4) is 0 Å². The number of ether oxygens (including phenoxy) is 1. The van der Waals surface area contributed by atoms with Crippen molar-refractivity contribution >= 4 is 33.2 Å². The van der Waals surface area contributed by atoms with Crippen LogP contribution in [0.15, 0.2) is 18.2 Å². The number of rotatable bonds is 6. The van der Waals surface area contributed by atoms with Crippen molar-refractivity contribution in [3.63, 3.8) is 0 Å². The van der Waals surface area contributed by atoms with E-state index in [1.165, 1.54) is 11.0 Å². The van der Waals surface area contributed by atoms with Gasteiger partial charge in [0.05, 0.1) is 37.4 Å². The molecule has 0 aliphatic carbocycles. The van der Waals surface area contributed by atoms with Crippen LogP contribution in [-0.2, 0) is 19.6 Å². The lowest BCUT2D eigenvalue weighted by atomic mass is 10.1. The molecule has 0 unspecified atom stereocenters.